The highest BCUT2D eigenvalue weighted by Gasteiger charge is 2.04. The number of hydrogen-bond acceptors (Lipinski definition) is 3. The van der Waals surface area contributed by atoms with E-state index in [1.54, 1.807) is 28.1 Å². The van der Waals surface area contributed by atoms with Crippen LogP contribution in [0.25, 0.3) is 0 Å². The maximum Gasteiger partial charge on any atom is 0.139 e. The molecule has 0 aromatic rings. The van der Waals surface area contributed by atoms with E-state index in [1.807, 2.05) is 0 Å². The molecule has 3 heteroatoms. The minimum atomic E-state index is -0.639. The van der Waals surface area contributed by atoms with Crippen molar-refractivity contribution in [2.45, 2.75) is 19.4 Å². The molecule has 0 saturated carbocycles. The molecule has 0 unspecified atom stereocenters. The summed E-state index contributed by atoms with van der Waals surface area (Å²) in [4.78, 5) is 9.70. The van der Waals surface area contributed by atoms with Gasteiger partial charge in [-0.15, -0.1) is 0 Å². The molecular weight excluding hydrogens is 118 g/mol. The van der Waals surface area contributed by atoms with Crippen LogP contribution in [0.2, 0.25) is 0 Å². The van der Waals surface area contributed by atoms with Crippen LogP contribution in [-0.4, -0.2) is 26.0 Å². The van der Waals surface area contributed by atoms with Gasteiger partial charge in [0.15, 0.2) is 0 Å². The van der Waals surface area contributed by atoms with Crippen LogP contribution in [0, 0.1) is 0 Å². The number of aldehydes is 1. The first-order valence-electron chi connectivity index (χ1n) is 2.63. The summed E-state index contributed by atoms with van der Waals surface area (Å²) in [6, 6.07) is 0. The molecule has 0 saturated heterocycles. The lowest BCUT2D eigenvalue weighted by Crippen LogP contribution is -2.33. The van der Waals surface area contributed by atoms with Gasteiger partial charge in [0, 0.05) is 14.2 Å². The molecule has 3 nitrogen and oxygen atoms in total. The Morgan fingerprint density at radius 1 is 1.44 bits per heavy atom. The SMILES string of the molecule is CC(C)(N)C=O.COC. The molecule has 0 aliphatic heterocycles. The first-order chi connectivity index (χ1) is 3.97. The van der Waals surface area contributed by atoms with Crippen molar-refractivity contribution in [2.24, 2.45) is 5.73 Å². The van der Waals surface area contributed by atoms with Crippen LogP contribution in [0.4, 0.5) is 0 Å². The first-order valence-corrected chi connectivity index (χ1v) is 2.63. The van der Waals surface area contributed by atoms with E-state index >= 15 is 0 Å². The molecule has 56 valence electrons. The maximum atomic E-state index is 9.70. The molecule has 0 aromatic heterocycles. The molecular formula is C6H15NO2. The van der Waals surface area contributed by atoms with Gasteiger partial charge in [-0.2, -0.15) is 0 Å². The lowest BCUT2D eigenvalue weighted by Gasteiger charge is -2.04. The summed E-state index contributed by atoms with van der Waals surface area (Å²) in [7, 11) is 3.25. The van der Waals surface area contributed by atoms with Crippen molar-refractivity contribution in [3.8, 4) is 0 Å². The second kappa shape index (κ2) is 5.72. The van der Waals surface area contributed by atoms with Crippen LogP contribution >= 0.6 is 0 Å². The Kier molecular flexibility index (Phi) is 7.24. The van der Waals surface area contributed by atoms with E-state index in [2.05, 4.69) is 4.74 Å². The van der Waals surface area contributed by atoms with Crippen molar-refractivity contribution in [2.75, 3.05) is 14.2 Å². The zero-order valence-corrected chi connectivity index (χ0v) is 6.47. The fraction of sp³-hybridized carbons (Fsp3) is 0.833. The number of carbonyl (C=O) groups excluding carboxylic acids is 1. The summed E-state index contributed by atoms with van der Waals surface area (Å²) < 4.78 is 4.25. The normalized spacial score (nSPS) is 9.44. The number of nitrogens with two attached hydrogens (primary N) is 1. The van der Waals surface area contributed by atoms with Crippen molar-refractivity contribution in [3.63, 3.8) is 0 Å². The van der Waals surface area contributed by atoms with Crippen molar-refractivity contribution < 1.29 is 9.53 Å². The molecule has 0 aliphatic rings. The Labute approximate surface area is 56.2 Å². The van der Waals surface area contributed by atoms with E-state index in [4.69, 9.17) is 5.73 Å². The van der Waals surface area contributed by atoms with E-state index in [9.17, 15) is 4.79 Å². The Morgan fingerprint density at radius 2 is 1.56 bits per heavy atom. The maximum absolute atomic E-state index is 9.70. The fourth-order valence-electron chi connectivity index (χ4n) is 0. The minimum Gasteiger partial charge on any atom is -0.388 e. The fourth-order valence-corrected chi connectivity index (χ4v) is 0. The molecule has 0 fully saturated rings. The van der Waals surface area contributed by atoms with E-state index < -0.39 is 5.54 Å². The quantitative estimate of drug-likeness (QED) is 0.519. The second-order valence-electron chi connectivity index (χ2n) is 2.35. The van der Waals surface area contributed by atoms with Crippen molar-refractivity contribution >= 4 is 6.29 Å². The summed E-state index contributed by atoms with van der Waals surface area (Å²) in [5.74, 6) is 0. The van der Waals surface area contributed by atoms with E-state index in [-0.39, 0.29) is 0 Å². The molecule has 0 rings (SSSR count). The number of hydrogen-bond donors (Lipinski definition) is 1. The van der Waals surface area contributed by atoms with Gasteiger partial charge in [0.05, 0.1) is 5.54 Å². The molecule has 0 heterocycles. The number of rotatable bonds is 1. The largest absolute Gasteiger partial charge is 0.388 e. The highest BCUT2D eigenvalue weighted by Crippen LogP contribution is 1.85. The predicted octanol–water partition coefficient (Wildman–Crippen LogP) is 0.185. The lowest BCUT2D eigenvalue weighted by atomic mass is 10.1. The number of carbonyl (C=O) groups is 1. The zero-order valence-electron chi connectivity index (χ0n) is 6.47. The van der Waals surface area contributed by atoms with Crippen LogP contribution in [-0.2, 0) is 9.53 Å². The first kappa shape index (κ1) is 11.4. The third kappa shape index (κ3) is 35.4. The van der Waals surface area contributed by atoms with Gasteiger partial charge in [-0.1, -0.05) is 0 Å². The third-order valence-electron chi connectivity index (χ3n) is 0.304. The standard InChI is InChI=1S/C4H9NO.C2H6O/c1-4(2,5)3-6;1-3-2/h3H,5H2,1-2H3;1-2H3. The molecule has 0 aliphatic carbocycles. The molecule has 0 bridgehead atoms. The number of methoxy groups -OCH3 is 1. The summed E-state index contributed by atoms with van der Waals surface area (Å²) in [5.41, 5.74) is 4.53. The van der Waals surface area contributed by atoms with Gasteiger partial charge < -0.3 is 15.3 Å². The van der Waals surface area contributed by atoms with Gasteiger partial charge in [0.1, 0.15) is 6.29 Å². The highest BCUT2D eigenvalue weighted by molar-refractivity contribution is 5.61. The minimum absolute atomic E-state index is 0.639. The average molecular weight is 133 g/mol. The van der Waals surface area contributed by atoms with Crippen LogP contribution in [0.3, 0.4) is 0 Å². The molecule has 9 heavy (non-hydrogen) atoms. The summed E-state index contributed by atoms with van der Waals surface area (Å²) in [6.07, 6.45) is 0.715. The number of ether oxygens (including phenoxy) is 1. The van der Waals surface area contributed by atoms with Gasteiger partial charge in [0.2, 0.25) is 0 Å². The summed E-state index contributed by atoms with van der Waals surface area (Å²) in [6.45, 7) is 3.31. The predicted molar refractivity (Wildman–Crippen MR) is 37.3 cm³/mol. The Hall–Kier alpha value is -0.410. The monoisotopic (exact) mass is 133 g/mol. The Morgan fingerprint density at radius 3 is 1.56 bits per heavy atom. The van der Waals surface area contributed by atoms with E-state index in [0.29, 0.717) is 6.29 Å². The van der Waals surface area contributed by atoms with Crippen LogP contribution < -0.4 is 5.73 Å². The third-order valence-corrected chi connectivity index (χ3v) is 0.304. The van der Waals surface area contributed by atoms with Gasteiger partial charge in [0.25, 0.3) is 0 Å². The molecule has 0 aromatic carbocycles. The summed E-state index contributed by atoms with van der Waals surface area (Å²) in [5, 5.41) is 0. The van der Waals surface area contributed by atoms with Crippen LogP contribution in [0.15, 0.2) is 0 Å². The topological polar surface area (TPSA) is 52.3 Å². The Balaban J connectivity index is 0. The molecule has 0 radical (unpaired) electrons. The van der Waals surface area contributed by atoms with Gasteiger partial charge in [-0.3, -0.25) is 0 Å². The molecule has 2 N–H and O–H groups in total. The van der Waals surface area contributed by atoms with Crippen molar-refractivity contribution in [3.05, 3.63) is 0 Å². The molecule has 0 amide bonds. The molecule has 0 atom stereocenters. The van der Waals surface area contributed by atoms with Crippen LogP contribution in [0.1, 0.15) is 13.8 Å². The zero-order chi connectivity index (χ0) is 7.91. The van der Waals surface area contributed by atoms with E-state index in [0.717, 1.165) is 0 Å². The van der Waals surface area contributed by atoms with Crippen LogP contribution in [0.5, 0.6) is 0 Å². The van der Waals surface area contributed by atoms with Gasteiger partial charge >= 0.3 is 0 Å². The van der Waals surface area contributed by atoms with Crippen molar-refractivity contribution in [1.82, 2.24) is 0 Å². The second-order valence-corrected chi connectivity index (χ2v) is 2.35. The highest BCUT2D eigenvalue weighted by atomic mass is 16.4. The Bertz CT molecular complexity index is 65.9. The lowest BCUT2D eigenvalue weighted by molar-refractivity contribution is -0.111. The van der Waals surface area contributed by atoms with Gasteiger partial charge in [-0.25, -0.2) is 0 Å². The van der Waals surface area contributed by atoms with Gasteiger partial charge in [-0.05, 0) is 13.8 Å². The summed E-state index contributed by atoms with van der Waals surface area (Å²) >= 11 is 0. The van der Waals surface area contributed by atoms with E-state index in [1.165, 1.54) is 0 Å². The average Bonchev–Trinajstić information content (AvgIpc) is 1.67. The molecule has 0 spiro atoms. The van der Waals surface area contributed by atoms with Crippen molar-refractivity contribution in [1.29, 1.82) is 0 Å². The smallest absolute Gasteiger partial charge is 0.139 e.